The number of halogens is 3. The van der Waals surface area contributed by atoms with Crippen LogP contribution in [0.4, 0.5) is 13.2 Å². The van der Waals surface area contributed by atoms with Gasteiger partial charge in [-0.2, -0.15) is 8.78 Å². The molecule has 0 N–H and O–H groups in total. The zero-order chi connectivity index (χ0) is 22.9. The van der Waals surface area contributed by atoms with Crippen LogP contribution in [0.3, 0.4) is 0 Å². The normalized spacial score (nSPS) is 11.2. The molecule has 3 aromatic carbocycles. The lowest BCUT2D eigenvalue weighted by Gasteiger charge is -2.11. The number of unbranched alkanes of at least 4 members (excludes halogenated alkanes) is 2. The van der Waals surface area contributed by atoms with Gasteiger partial charge in [0.15, 0.2) is 11.5 Å². The van der Waals surface area contributed by atoms with E-state index in [0.29, 0.717) is 11.1 Å². The summed E-state index contributed by atoms with van der Waals surface area (Å²) in [7, 11) is 0. The molecule has 0 amide bonds. The minimum atomic E-state index is -1.15. The maximum Gasteiger partial charge on any atom is 0.205 e. The van der Waals surface area contributed by atoms with E-state index < -0.39 is 17.5 Å². The quantitative estimate of drug-likeness (QED) is 0.235. The average molecular weight is 441 g/mol. The molecule has 0 aliphatic heterocycles. The average Bonchev–Trinajstić information content (AvgIpc) is 2.80. The number of ether oxygens (including phenoxy) is 2. The molecule has 0 heterocycles. The molecule has 0 atom stereocenters. The number of rotatable bonds is 10. The van der Waals surface area contributed by atoms with E-state index in [2.05, 4.69) is 6.92 Å². The fourth-order valence-electron chi connectivity index (χ4n) is 3.33. The van der Waals surface area contributed by atoms with Crippen LogP contribution in [0.5, 0.6) is 11.5 Å². The first-order valence-electron chi connectivity index (χ1n) is 10.8. The summed E-state index contributed by atoms with van der Waals surface area (Å²) >= 11 is 0. The van der Waals surface area contributed by atoms with Crippen LogP contribution in [0.1, 0.15) is 44.2 Å². The van der Waals surface area contributed by atoms with Gasteiger partial charge >= 0.3 is 0 Å². The minimum Gasteiger partial charge on any atom is -0.486 e. The Bertz CT molecular complexity index is 1060. The van der Waals surface area contributed by atoms with Crippen molar-refractivity contribution in [1.82, 2.24) is 0 Å². The molecule has 0 aliphatic rings. The van der Waals surface area contributed by atoms with E-state index in [4.69, 9.17) is 9.47 Å². The van der Waals surface area contributed by atoms with Gasteiger partial charge in [-0.3, -0.25) is 0 Å². The van der Waals surface area contributed by atoms with E-state index in [1.807, 2.05) is 24.3 Å². The van der Waals surface area contributed by atoms with Crippen LogP contribution in [-0.2, 0) is 13.0 Å². The van der Waals surface area contributed by atoms with Crippen molar-refractivity contribution in [3.63, 3.8) is 0 Å². The van der Waals surface area contributed by atoms with Gasteiger partial charge in [0, 0.05) is 5.56 Å². The highest BCUT2D eigenvalue weighted by Crippen LogP contribution is 2.29. The van der Waals surface area contributed by atoms with Gasteiger partial charge in [0.05, 0.1) is 6.26 Å². The maximum absolute atomic E-state index is 14.7. The third-order valence-corrected chi connectivity index (χ3v) is 5.10. The molecule has 3 rings (SSSR count). The predicted molar refractivity (Wildman–Crippen MR) is 121 cm³/mol. The van der Waals surface area contributed by atoms with Crippen LogP contribution in [0.15, 0.2) is 66.9 Å². The lowest BCUT2D eigenvalue weighted by molar-refractivity contribution is 0.281. The van der Waals surface area contributed by atoms with E-state index in [1.165, 1.54) is 42.9 Å². The van der Waals surface area contributed by atoms with E-state index in [-0.39, 0.29) is 18.1 Å². The molecule has 2 nitrogen and oxygen atoms in total. The third kappa shape index (κ3) is 5.94. The first-order valence-corrected chi connectivity index (χ1v) is 10.8. The fourth-order valence-corrected chi connectivity index (χ4v) is 3.33. The van der Waals surface area contributed by atoms with E-state index in [9.17, 15) is 13.2 Å². The largest absolute Gasteiger partial charge is 0.486 e. The van der Waals surface area contributed by atoms with E-state index in [1.54, 1.807) is 25.1 Å². The van der Waals surface area contributed by atoms with Gasteiger partial charge in [-0.1, -0.05) is 62.2 Å². The van der Waals surface area contributed by atoms with Gasteiger partial charge in [0.2, 0.25) is 11.6 Å². The third-order valence-electron chi connectivity index (χ3n) is 5.10. The Labute approximate surface area is 187 Å². The van der Waals surface area contributed by atoms with Crippen molar-refractivity contribution in [2.24, 2.45) is 0 Å². The fraction of sp³-hybridized carbons (Fsp3) is 0.259. The van der Waals surface area contributed by atoms with E-state index in [0.717, 1.165) is 18.4 Å². The number of allylic oxidation sites excluding steroid dienone is 1. The summed E-state index contributed by atoms with van der Waals surface area (Å²) in [6.45, 7) is 3.77. The Morgan fingerprint density at radius 3 is 2.19 bits per heavy atom. The zero-order valence-corrected chi connectivity index (χ0v) is 18.3. The van der Waals surface area contributed by atoms with Crippen LogP contribution in [0, 0.1) is 17.5 Å². The molecule has 3 aromatic rings. The lowest BCUT2D eigenvalue weighted by atomic mass is 10.00. The van der Waals surface area contributed by atoms with Crippen molar-refractivity contribution in [1.29, 1.82) is 0 Å². The van der Waals surface area contributed by atoms with Crippen LogP contribution in [0.2, 0.25) is 0 Å². The molecule has 0 saturated heterocycles. The summed E-state index contributed by atoms with van der Waals surface area (Å²) in [5.74, 6) is -3.19. The van der Waals surface area contributed by atoms with Gasteiger partial charge in [0.1, 0.15) is 12.4 Å². The Kier molecular flexibility index (Phi) is 8.37. The number of hydrogen-bond acceptors (Lipinski definition) is 2. The standard InChI is InChI=1S/C27H27F3O2/c1-3-5-6-7-19-8-11-21(12-9-19)22-13-10-20(17-23(22)28)18-32-25-15-14-24(31-16-4-2)26(29)27(25)30/h4,8-17H,3,5-7,18H2,1-2H3. The van der Waals surface area contributed by atoms with Crippen molar-refractivity contribution < 1.29 is 22.6 Å². The van der Waals surface area contributed by atoms with Gasteiger partial charge in [0.25, 0.3) is 0 Å². The first kappa shape index (κ1) is 23.5. The van der Waals surface area contributed by atoms with Gasteiger partial charge in [-0.15, -0.1) is 0 Å². The smallest absolute Gasteiger partial charge is 0.205 e. The summed E-state index contributed by atoms with van der Waals surface area (Å²) in [6.07, 6.45) is 7.35. The van der Waals surface area contributed by atoms with Crippen molar-refractivity contribution in [3.05, 3.63) is 95.5 Å². The van der Waals surface area contributed by atoms with Gasteiger partial charge in [-0.25, -0.2) is 4.39 Å². The molecule has 168 valence electrons. The summed E-state index contributed by atoms with van der Waals surface area (Å²) < 4.78 is 53.3. The second kappa shape index (κ2) is 11.4. The Morgan fingerprint density at radius 2 is 1.50 bits per heavy atom. The molecule has 0 saturated carbocycles. The molecule has 0 radical (unpaired) electrons. The highest BCUT2D eigenvalue weighted by atomic mass is 19.2. The summed E-state index contributed by atoms with van der Waals surface area (Å²) in [5.41, 5.74) is 3.02. The van der Waals surface area contributed by atoms with Crippen LogP contribution >= 0.6 is 0 Å². The Morgan fingerprint density at radius 1 is 0.812 bits per heavy atom. The van der Waals surface area contributed by atoms with Crippen molar-refractivity contribution >= 4 is 0 Å². The molecule has 0 spiro atoms. The molecule has 0 aliphatic carbocycles. The van der Waals surface area contributed by atoms with Crippen LogP contribution in [-0.4, -0.2) is 0 Å². The maximum atomic E-state index is 14.7. The zero-order valence-electron chi connectivity index (χ0n) is 18.3. The second-order valence-electron chi connectivity index (χ2n) is 7.53. The predicted octanol–water partition coefficient (Wildman–Crippen LogP) is 8.00. The Hall–Kier alpha value is -3.21. The summed E-state index contributed by atoms with van der Waals surface area (Å²) in [6, 6.07) is 15.2. The SMILES string of the molecule is CC=COc1ccc(OCc2ccc(-c3ccc(CCCCC)cc3)c(F)c2)c(F)c1F. The highest BCUT2D eigenvalue weighted by molar-refractivity contribution is 5.64. The monoisotopic (exact) mass is 440 g/mol. The summed E-state index contributed by atoms with van der Waals surface area (Å²) in [5, 5.41) is 0. The number of hydrogen-bond donors (Lipinski definition) is 0. The number of aryl methyl sites for hydroxylation is 1. The minimum absolute atomic E-state index is 0.0982. The van der Waals surface area contributed by atoms with Gasteiger partial charge < -0.3 is 9.47 Å². The lowest BCUT2D eigenvalue weighted by Crippen LogP contribution is -2.01. The molecule has 0 unspecified atom stereocenters. The van der Waals surface area contributed by atoms with Crippen LogP contribution < -0.4 is 9.47 Å². The molecular formula is C27H27F3O2. The first-order chi connectivity index (χ1) is 15.5. The highest BCUT2D eigenvalue weighted by Gasteiger charge is 2.16. The molecule has 0 bridgehead atoms. The second-order valence-corrected chi connectivity index (χ2v) is 7.53. The van der Waals surface area contributed by atoms with Crippen LogP contribution in [0.25, 0.3) is 11.1 Å². The van der Waals surface area contributed by atoms with Crippen molar-refractivity contribution in [2.45, 2.75) is 46.1 Å². The van der Waals surface area contributed by atoms with Crippen molar-refractivity contribution in [3.8, 4) is 22.6 Å². The topological polar surface area (TPSA) is 18.5 Å². The molecule has 0 aromatic heterocycles. The molecule has 0 fully saturated rings. The number of benzene rings is 3. The van der Waals surface area contributed by atoms with E-state index >= 15 is 0 Å². The summed E-state index contributed by atoms with van der Waals surface area (Å²) in [4.78, 5) is 0. The van der Waals surface area contributed by atoms with Crippen molar-refractivity contribution in [2.75, 3.05) is 0 Å². The molecule has 32 heavy (non-hydrogen) atoms. The Balaban J connectivity index is 1.66. The molecular weight excluding hydrogens is 413 g/mol. The van der Waals surface area contributed by atoms with Gasteiger partial charge in [-0.05, 0) is 54.7 Å². The molecule has 5 heteroatoms.